The molecule has 21 heavy (non-hydrogen) atoms. The highest BCUT2D eigenvalue weighted by molar-refractivity contribution is 5.89. The van der Waals surface area contributed by atoms with Crippen LogP contribution in [0.4, 0.5) is 16.2 Å². The molecule has 114 valence electrons. The number of nitro groups is 1. The van der Waals surface area contributed by atoms with E-state index in [4.69, 9.17) is 14.6 Å². The van der Waals surface area contributed by atoms with Crippen LogP contribution in [0.25, 0.3) is 0 Å². The SMILES string of the molecule is CN(C(=O)O)c1cc(OC2CCOCC2)ccc1[N+](=O)[O-]. The van der Waals surface area contributed by atoms with Crippen LogP contribution in [0.1, 0.15) is 12.8 Å². The summed E-state index contributed by atoms with van der Waals surface area (Å²) in [4.78, 5) is 22.2. The number of carbonyl (C=O) groups is 1. The minimum atomic E-state index is -1.28. The molecule has 0 spiro atoms. The molecule has 1 aliphatic heterocycles. The fourth-order valence-corrected chi connectivity index (χ4v) is 2.09. The van der Waals surface area contributed by atoms with E-state index in [-0.39, 0.29) is 17.5 Å². The van der Waals surface area contributed by atoms with Crippen LogP contribution in [0.5, 0.6) is 5.75 Å². The Kier molecular flexibility index (Phi) is 4.59. The van der Waals surface area contributed by atoms with Gasteiger partial charge in [0.1, 0.15) is 17.5 Å². The van der Waals surface area contributed by atoms with E-state index in [1.165, 1.54) is 25.2 Å². The highest BCUT2D eigenvalue weighted by atomic mass is 16.6. The molecule has 0 atom stereocenters. The smallest absolute Gasteiger partial charge is 0.411 e. The molecule has 0 saturated carbocycles. The monoisotopic (exact) mass is 296 g/mol. The number of hydrogen-bond acceptors (Lipinski definition) is 5. The molecular weight excluding hydrogens is 280 g/mol. The quantitative estimate of drug-likeness (QED) is 0.675. The predicted octanol–water partition coefficient (Wildman–Crippen LogP) is 2.27. The second kappa shape index (κ2) is 6.40. The van der Waals surface area contributed by atoms with E-state index in [1.807, 2.05) is 0 Å². The Morgan fingerprint density at radius 2 is 2.14 bits per heavy atom. The van der Waals surface area contributed by atoms with Crippen molar-refractivity contribution in [3.8, 4) is 5.75 Å². The number of carboxylic acid groups (broad SMARTS) is 1. The van der Waals surface area contributed by atoms with Gasteiger partial charge >= 0.3 is 6.09 Å². The molecule has 1 amide bonds. The number of nitrogens with zero attached hydrogens (tertiary/aromatic N) is 2. The number of anilines is 1. The molecule has 1 N–H and O–H groups in total. The third-order valence-corrected chi connectivity index (χ3v) is 3.26. The molecule has 1 saturated heterocycles. The van der Waals surface area contributed by atoms with Crippen molar-refractivity contribution in [2.24, 2.45) is 0 Å². The molecule has 0 unspecified atom stereocenters. The van der Waals surface area contributed by atoms with Gasteiger partial charge in [-0.3, -0.25) is 15.0 Å². The van der Waals surface area contributed by atoms with E-state index in [0.717, 1.165) is 17.7 Å². The fourth-order valence-electron chi connectivity index (χ4n) is 2.09. The molecule has 8 nitrogen and oxygen atoms in total. The number of amides is 1. The van der Waals surface area contributed by atoms with Crippen molar-refractivity contribution >= 4 is 17.5 Å². The van der Waals surface area contributed by atoms with Gasteiger partial charge in [-0.1, -0.05) is 0 Å². The number of ether oxygens (including phenoxy) is 2. The van der Waals surface area contributed by atoms with E-state index in [1.54, 1.807) is 0 Å². The summed E-state index contributed by atoms with van der Waals surface area (Å²) < 4.78 is 11.0. The van der Waals surface area contributed by atoms with Crippen molar-refractivity contribution in [3.63, 3.8) is 0 Å². The molecule has 1 fully saturated rings. The topological polar surface area (TPSA) is 102 Å². The minimum Gasteiger partial charge on any atom is -0.490 e. The summed E-state index contributed by atoms with van der Waals surface area (Å²) in [7, 11) is 1.25. The van der Waals surface area contributed by atoms with Crippen molar-refractivity contribution in [2.75, 3.05) is 25.2 Å². The summed E-state index contributed by atoms with van der Waals surface area (Å²) in [6, 6.07) is 4.11. The first-order valence-corrected chi connectivity index (χ1v) is 6.48. The summed E-state index contributed by atoms with van der Waals surface area (Å²) >= 11 is 0. The van der Waals surface area contributed by atoms with Gasteiger partial charge in [-0.15, -0.1) is 0 Å². The lowest BCUT2D eigenvalue weighted by molar-refractivity contribution is -0.384. The zero-order valence-corrected chi connectivity index (χ0v) is 11.5. The van der Waals surface area contributed by atoms with Crippen LogP contribution in [0.2, 0.25) is 0 Å². The van der Waals surface area contributed by atoms with E-state index < -0.39 is 11.0 Å². The first-order chi connectivity index (χ1) is 9.99. The molecule has 0 aromatic heterocycles. The summed E-state index contributed by atoms with van der Waals surface area (Å²) in [5, 5.41) is 20.0. The second-order valence-electron chi connectivity index (χ2n) is 4.68. The summed E-state index contributed by atoms with van der Waals surface area (Å²) in [6.45, 7) is 1.22. The van der Waals surface area contributed by atoms with Crippen LogP contribution in [-0.4, -0.2) is 42.5 Å². The molecule has 0 bridgehead atoms. The molecule has 0 radical (unpaired) electrons. The van der Waals surface area contributed by atoms with Gasteiger partial charge in [0, 0.05) is 32.0 Å². The van der Waals surface area contributed by atoms with Crippen LogP contribution in [-0.2, 0) is 4.74 Å². The average Bonchev–Trinajstić information content (AvgIpc) is 2.47. The summed E-state index contributed by atoms with van der Waals surface area (Å²) in [5.74, 6) is 0.413. The normalized spacial score (nSPS) is 15.5. The zero-order valence-electron chi connectivity index (χ0n) is 11.5. The zero-order chi connectivity index (χ0) is 15.4. The number of benzene rings is 1. The van der Waals surface area contributed by atoms with E-state index in [0.29, 0.717) is 19.0 Å². The van der Waals surface area contributed by atoms with Crippen LogP contribution < -0.4 is 9.64 Å². The Labute approximate surface area is 121 Å². The third-order valence-electron chi connectivity index (χ3n) is 3.26. The molecule has 1 aromatic carbocycles. The molecule has 8 heteroatoms. The molecule has 1 aliphatic rings. The van der Waals surface area contributed by atoms with Crippen LogP contribution >= 0.6 is 0 Å². The van der Waals surface area contributed by atoms with Gasteiger partial charge in [0.05, 0.1) is 18.1 Å². The Balaban J connectivity index is 2.25. The molecule has 0 aliphatic carbocycles. The lowest BCUT2D eigenvalue weighted by Crippen LogP contribution is -2.27. The van der Waals surface area contributed by atoms with Crippen molar-refractivity contribution in [3.05, 3.63) is 28.3 Å². The van der Waals surface area contributed by atoms with Crippen LogP contribution in [0.15, 0.2) is 18.2 Å². The lowest BCUT2D eigenvalue weighted by Gasteiger charge is -2.24. The van der Waals surface area contributed by atoms with E-state index >= 15 is 0 Å². The molecular formula is C13H16N2O6. The van der Waals surface area contributed by atoms with Crippen molar-refractivity contribution in [1.82, 2.24) is 0 Å². The lowest BCUT2D eigenvalue weighted by atomic mass is 10.1. The fraction of sp³-hybridized carbons (Fsp3) is 0.462. The van der Waals surface area contributed by atoms with Gasteiger partial charge in [0.25, 0.3) is 5.69 Å². The summed E-state index contributed by atoms with van der Waals surface area (Å²) in [5.41, 5.74) is -0.295. The van der Waals surface area contributed by atoms with E-state index in [2.05, 4.69) is 0 Å². The molecule has 2 rings (SSSR count). The largest absolute Gasteiger partial charge is 0.490 e. The number of nitro benzene ring substituents is 1. The Bertz CT molecular complexity index is 541. The van der Waals surface area contributed by atoms with Crippen molar-refractivity contribution in [2.45, 2.75) is 18.9 Å². The maximum absolute atomic E-state index is 11.0. The maximum Gasteiger partial charge on any atom is 0.411 e. The Hall–Kier alpha value is -2.35. The predicted molar refractivity (Wildman–Crippen MR) is 74.0 cm³/mol. The first kappa shape index (κ1) is 15.0. The Morgan fingerprint density at radius 1 is 1.48 bits per heavy atom. The number of hydrogen-bond donors (Lipinski definition) is 1. The van der Waals surface area contributed by atoms with Gasteiger partial charge in [-0.25, -0.2) is 4.79 Å². The van der Waals surface area contributed by atoms with Gasteiger partial charge in [-0.05, 0) is 6.07 Å². The highest BCUT2D eigenvalue weighted by Gasteiger charge is 2.23. The average molecular weight is 296 g/mol. The minimum absolute atomic E-state index is 0.0166. The third kappa shape index (κ3) is 3.60. The van der Waals surface area contributed by atoms with Crippen molar-refractivity contribution in [1.29, 1.82) is 0 Å². The van der Waals surface area contributed by atoms with Gasteiger partial charge in [-0.2, -0.15) is 0 Å². The molecule has 1 aromatic rings. The standard InChI is InChI=1S/C13H16N2O6/c1-14(13(16)17)12-8-10(2-3-11(12)15(18)19)21-9-4-6-20-7-5-9/h2-3,8-9H,4-7H2,1H3,(H,16,17). The van der Waals surface area contributed by atoms with Gasteiger partial charge < -0.3 is 14.6 Å². The van der Waals surface area contributed by atoms with Gasteiger partial charge in [0.2, 0.25) is 0 Å². The first-order valence-electron chi connectivity index (χ1n) is 6.48. The van der Waals surface area contributed by atoms with Crippen molar-refractivity contribution < 1.29 is 24.3 Å². The van der Waals surface area contributed by atoms with Crippen LogP contribution in [0, 0.1) is 10.1 Å². The maximum atomic E-state index is 11.0. The highest BCUT2D eigenvalue weighted by Crippen LogP contribution is 2.32. The molecule has 1 heterocycles. The Morgan fingerprint density at radius 3 is 2.71 bits per heavy atom. The summed E-state index contributed by atoms with van der Waals surface area (Å²) in [6.07, 6.45) is 0.173. The second-order valence-corrected chi connectivity index (χ2v) is 4.68. The van der Waals surface area contributed by atoms with Crippen LogP contribution in [0.3, 0.4) is 0 Å². The van der Waals surface area contributed by atoms with E-state index in [9.17, 15) is 14.9 Å². The van der Waals surface area contributed by atoms with Gasteiger partial charge in [0.15, 0.2) is 0 Å². The number of rotatable bonds is 4.